The highest BCUT2D eigenvalue weighted by molar-refractivity contribution is 5.95. The van der Waals surface area contributed by atoms with Gasteiger partial charge in [0.1, 0.15) is 0 Å². The van der Waals surface area contributed by atoms with Crippen molar-refractivity contribution in [2.75, 3.05) is 0 Å². The number of allylic oxidation sites excluding steroid dienone is 1. The second kappa shape index (κ2) is 8.05. The third kappa shape index (κ3) is 4.83. The molecule has 0 bridgehead atoms. The molecule has 0 unspecified atom stereocenters. The van der Waals surface area contributed by atoms with Gasteiger partial charge in [0.25, 0.3) is 5.91 Å². The minimum atomic E-state index is -0.957. The fourth-order valence-corrected chi connectivity index (χ4v) is 3.40. The summed E-state index contributed by atoms with van der Waals surface area (Å²) < 4.78 is 0. The Bertz CT molecular complexity index is 849. The number of benzene rings is 1. The molecule has 142 valence electrons. The summed E-state index contributed by atoms with van der Waals surface area (Å²) >= 11 is 0. The maximum Gasteiger partial charge on any atom is 0.251 e. The number of pyridine rings is 1. The molecular weight excluding hydrogens is 336 g/mol. The van der Waals surface area contributed by atoms with Gasteiger partial charge in [0.05, 0.1) is 5.60 Å². The normalized spacial score (nSPS) is 15.8. The lowest BCUT2D eigenvalue weighted by molar-refractivity contribution is 0.0782. The Morgan fingerprint density at radius 1 is 1.19 bits per heavy atom. The molecule has 4 nitrogen and oxygen atoms in total. The molecule has 27 heavy (non-hydrogen) atoms. The first-order valence-electron chi connectivity index (χ1n) is 9.63. The predicted molar refractivity (Wildman–Crippen MR) is 108 cm³/mol. The maximum atomic E-state index is 12.7. The van der Waals surface area contributed by atoms with Crippen molar-refractivity contribution >= 4 is 5.91 Å². The van der Waals surface area contributed by atoms with Crippen LogP contribution in [0.4, 0.5) is 0 Å². The van der Waals surface area contributed by atoms with E-state index in [1.54, 1.807) is 26.2 Å². The lowest BCUT2D eigenvalue weighted by atomic mass is 9.94. The van der Waals surface area contributed by atoms with Crippen LogP contribution >= 0.6 is 0 Å². The van der Waals surface area contributed by atoms with Crippen molar-refractivity contribution in [3.05, 3.63) is 65.5 Å². The van der Waals surface area contributed by atoms with Gasteiger partial charge in [-0.3, -0.25) is 9.78 Å². The SMILES string of the molecule is C[C@H](NC(=O)c1cccc(-c2cncc(C(C)(C)O)c2)c1)C1=CCCCC1. The summed E-state index contributed by atoms with van der Waals surface area (Å²) in [5, 5.41) is 13.3. The first-order chi connectivity index (χ1) is 12.8. The van der Waals surface area contributed by atoms with Gasteiger partial charge >= 0.3 is 0 Å². The number of amides is 1. The highest BCUT2D eigenvalue weighted by Crippen LogP contribution is 2.26. The van der Waals surface area contributed by atoms with Gasteiger partial charge < -0.3 is 10.4 Å². The van der Waals surface area contributed by atoms with E-state index >= 15 is 0 Å². The number of hydrogen-bond acceptors (Lipinski definition) is 3. The minimum absolute atomic E-state index is 0.0571. The van der Waals surface area contributed by atoms with Gasteiger partial charge in [-0.1, -0.05) is 23.8 Å². The van der Waals surface area contributed by atoms with Crippen LogP contribution in [0.2, 0.25) is 0 Å². The van der Waals surface area contributed by atoms with Gasteiger partial charge in [-0.05, 0) is 70.2 Å². The molecule has 1 aromatic carbocycles. The topological polar surface area (TPSA) is 62.2 Å². The molecule has 1 aliphatic rings. The highest BCUT2D eigenvalue weighted by atomic mass is 16.3. The first kappa shape index (κ1) is 19.3. The lowest BCUT2D eigenvalue weighted by Gasteiger charge is -2.21. The van der Waals surface area contributed by atoms with E-state index in [1.807, 2.05) is 30.3 Å². The minimum Gasteiger partial charge on any atom is -0.386 e. The predicted octanol–water partition coefficient (Wildman–Crippen LogP) is 4.59. The summed E-state index contributed by atoms with van der Waals surface area (Å²) in [7, 11) is 0. The van der Waals surface area contributed by atoms with Crippen molar-refractivity contribution in [1.29, 1.82) is 0 Å². The summed E-state index contributed by atoms with van der Waals surface area (Å²) in [4.78, 5) is 17.0. The average Bonchev–Trinajstić information content (AvgIpc) is 2.68. The zero-order valence-corrected chi connectivity index (χ0v) is 16.3. The van der Waals surface area contributed by atoms with E-state index in [0.717, 1.165) is 29.5 Å². The van der Waals surface area contributed by atoms with Crippen molar-refractivity contribution in [1.82, 2.24) is 10.3 Å². The average molecular weight is 364 g/mol. The first-order valence-corrected chi connectivity index (χ1v) is 9.63. The summed E-state index contributed by atoms with van der Waals surface area (Å²) in [6.45, 7) is 5.52. The fourth-order valence-electron chi connectivity index (χ4n) is 3.40. The van der Waals surface area contributed by atoms with Crippen molar-refractivity contribution in [3.63, 3.8) is 0 Å². The Labute approximate surface area is 161 Å². The molecule has 0 saturated carbocycles. The molecule has 1 atom stereocenters. The molecule has 1 amide bonds. The van der Waals surface area contributed by atoms with E-state index in [-0.39, 0.29) is 11.9 Å². The molecule has 0 aliphatic heterocycles. The summed E-state index contributed by atoms with van der Waals surface area (Å²) in [5.41, 5.74) is 3.53. The molecule has 1 aromatic heterocycles. The van der Waals surface area contributed by atoms with Crippen LogP contribution in [0.15, 0.2) is 54.4 Å². The van der Waals surface area contributed by atoms with Crippen LogP contribution < -0.4 is 5.32 Å². The van der Waals surface area contributed by atoms with Crippen LogP contribution in [0, 0.1) is 0 Å². The molecule has 0 spiro atoms. The Morgan fingerprint density at radius 2 is 2.00 bits per heavy atom. The Kier molecular flexibility index (Phi) is 5.76. The summed E-state index contributed by atoms with van der Waals surface area (Å²) in [6, 6.07) is 9.51. The molecule has 0 fully saturated rings. The van der Waals surface area contributed by atoms with Crippen LogP contribution in [0.5, 0.6) is 0 Å². The number of hydrogen-bond donors (Lipinski definition) is 2. The van der Waals surface area contributed by atoms with Crippen LogP contribution in [0.3, 0.4) is 0 Å². The van der Waals surface area contributed by atoms with E-state index in [9.17, 15) is 9.90 Å². The molecular formula is C23H28N2O2. The molecule has 1 heterocycles. The molecule has 4 heteroatoms. The van der Waals surface area contributed by atoms with Crippen molar-refractivity contribution in [2.24, 2.45) is 0 Å². The zero-order valence-electron chi connectivity index (χ0n) is 16.3. The quantitative estimate of drug-likeness (QED) is 0.763. The van der Waals surface area contributed by atoms with Gasteiger partial charge in [-0.25, -0.2) is 0 Å². The highest BCUT2D eigenvalue weighted by Gasteiger charge is 2.18. The molecule has 3 rings (SSSR count). The van der Waals surface area contributed by atoms with Gasteiger partial charge in [0.2, 0.25) is 0 Å². The number of carbonyl (C=O) groups is 1. The van der Waals surface area contributed by atoms with Gasteiger partial charge in [0, 0.05) is 35.1 Å². The number of aromatic nitrogens is 1. The molecule has 1 aliphatic carbocycles. The largest absolute Gasteiger partial charge is 0.386 e. The molecule has 2 N–H and O–H groups in total. The Balaban J connectivity index is 1.79. The number of rotatable bonds is 5. The van der Waals surface area contributed by atoms with Crippen LogP contribution in [-0.4, -0.2) is 22.0 Å². The third-order valence-corrected chi connectivity index (χ3v) is 5.13. The molecule has 2 aromatic rings. The fraction of sp³-hybridized carbons (Fsp3) is 0.391. The summed E-state index contributed by atoms with van der Waals surface area (Å²) in [6.07, 6.45) is 10.3. The summed E-state index contributed by atoms with van der Waals surface area (Å²) in [5.74, 6) is -0.0672. The standard InChI is InChI=1S/C23H28N2O2/c1-16(17-8-5-4-6-9-17)25-22(26)19-11-7-10-18(12-19)20-13-21(15-24-14-20)23(2,3)27/h7-8,10-16,27H,4-6,9H2,1-3H3,(H,25,26)/t16-/m0/s1. The van der Waals surface area contributed by atoms with E-state index in [4.69, 9.17) is 0 Å². The van der Waals surface area contributed by atoms with Gasteiger partial charge in [0.15, 0.2) is 0 Å². The Morgan fingerprint density at radius 3 is 2.70 bits per heavy atom. The number of aliphatic hydroxyl groups is 1. The van der Waals surface area contributed by atoms with E-state index < -0.39 is 5.60 Å². The molecule has 0 radical (unpaired) electrons. The zero-order chi connectivity index (χ0) is 19.4. The van der Waals surface area contributed by atoms with Crippen LogP contribution in [-0.2, 0) is 5.60 Å². The monoisotopic (exact) mass is 364 g/mol. The molecule has 0 saturated heterocycles. The van der Waals surface area contributed by atoms with E-state index in [1.165, 1.54) is 18.4 Å². The Hall–Kier alpha value is -2.46. The van der Waals surface area contributed by atoms with Crippen LogP contribution in [0.1, 0.15) is 62.4 Å². The van der Waals surface area contributed by atoms with Gasteiger partial charge in [-0.2, -0.15) is 0 Å². The van der Waals surface area contributed by atoms with Crippen LogP contribution in [0.25, 0.3) is 11.1 Å². The number of nitrogens with zero attached hydrogens (tertiary/aromatic N) is 1. The van der Waals surface area contributed by atoms with E-state index in [2.05, 4.69) is 23.3 Å². The number of nitrogens with one attached hydrogen (secondary N) is 1. The second-order valence-electron chi connectivity index (χ2n) is 7.82. The van der Waals surface area contributed by atoms with E-state index in [0.29, 0.717) is 5.56 Å². The second-order valence-corrected chi connectivity index (χ2v) is 7.82. The van der Waals surface area contributed by atoms with Crippen molar-refractivity contribution in [2.45, 2.75) is 58.1 Å². The van der Waals surface area contributed by atoms with Crippen molar-refractivity contribution in [3.8, 4) is 11.1 Å². The smallest absolute Gasteiger partial charge is 0.251 e. The lowest BCUT2D eigenvalue weighted by Crippen LogP contribution is -2.34. The maximum absolute atomic E-state index is 12.7. The van der Waals surface area contributed by atoms with Crippen molar-refractivity contribution < 1.29 is 9.90 Å². The third-order valence-electron chi connectivity index (χ3n) is 5.13. The number of carbonyl (C=O) groups excluding carboxylic acids is 1. The van der Waals surface area contributed by atoms with Gasteiger partial charge in [-0.15, -0.1) is 0 Å².